The number of benzene rings is 2. The number of hydrogen-bond donors (Lipinski definition) is 1. The van der Waals surface area contributed by atoms with Crippen molar-refractivity contribution in [3.8, 4) is 11.5 Å². The van der Waals surface area contributed by atoms with E-state index >= 15 is 0 Å². The fourth-order valence-electron chi connectivity index (χ4n) is 2.37. The molecule has 0 aromatic heterocycles. The van der Waals surface area contributed by atoms with Crippen molar-refractivity contribution in [3.05, 3.63) is 59.1 Å². The van der Waals surface area contributed by atoms with Crippen molar-refractivity contribution < 1.29 is 18.8 Å². The van der Waals surface area contributed by atoms with Gasteiger partial charge in [0.1, 0.15) is 16.2 Å². The summed E-state index contributed by atoms with van der Waals surface area (Å²) in [7, 11) is 0. The second kappa shape index (κ2) is 10.2. The number of hydrogen-bond acceptors (Lipinski definition) is 5. The third-order valence-corrected chi connectivity index (χ3v) is 5.73. The molecule has 0 saturated carbocycles. The molecule has 0 spiro atoms. The molecule has 2 aromatic rings. The summed E-state index contributed by atoms with van der Waals surface area (Å²) in [5.74, 6) is 0.751. The van der Waals surface area contributed by atoms with Crippen molar-refractivity contribution in [2.75, 3.05) is 6.61 Å². The lowest BCUT2D eigenvalue weighted by Gasteiger charge is -2.28. The standard InChI is InChI=1S/C21H26ClNO4S/c1-5-26-20(24)14-18(23-28(25)21(2,3)4)15-9-8-10-16(13-15)27-19-12-7-6-11-17(19)22/h6-13,18,23H,5,14H2,1-4H3/t18-,28?/m0/s1. The van der Waals surface area contributed by atoms with Crippen molar-refractivity contribution in [2.45, 2.75) is 44.9 Å². The van der Waals surface area contributed by atoms with Crippen LogP contribution in [-0.2, 0) is 20.9 Å². The Morgan fingerprint density at radius 2 is 1.93 bits per heavy atom. The first-order valence-corrected chi connectivity index (χ1v) is 10.6. The number of para-hydroxylation sites is 1. The Hall–Kier alpha value is -1.73. The zero-order chi connectivity index (χ0) is 20.7. The van der Waals surface area contributed by atoms with Crippen LogP contribution in [0.25, 0.3) is 0 Å². The summed E-state index contributed by atoms with van der Waals surface area (Å²) in [6.07, 6.45) is 0.0607. The largest absolute Gasteiger partial charge is 0.598 e. The van der Waals surface area contributed by atoms with Crippen molar-refractivity contribution in [1.82, 2.24) is 4.72 Å². The highest BCUT2D eigenvalue weighted by molar-refractivity contribution is 7.90. The first kappa shape index (κ1) is 22.6. The van der Waals surface area contributed by atoms with Crippen LogP contribution in [0.4, 0.5) is 0 Å². The molecular formula is C21H26ClNO4S. The third kappa shape index (κ3) is 6.71. The first-order valence-electron chi connectivity index (χ1n) is 9.06. The van der Waals surface area contributed by atoms with Gasteiger partial charge in [0.25, 0.3) is 0 Å². The molecule has 1 N–H and O–H groups in total. The van der Waals surface area contributed by atoms with Gasteiger partial charge in [0.2, 0.25) is 0 Å². The smallest absolute Gasteiger partial charge is 0.307 e. The van der Waals surface area contributed by atoms with Gasteiger partial charge in [-0.2, -0.15) is 0 Å². The van der Waals surface area contributed by atoms with E-state index in [0.29, 0.717) is 23.1 Å². The lowest BCUT2D eigenvalue weighted by atomic mass is 10.0. The Morgan fingerprint density at radius 3 is 2.57 bits per heavy atom. The Bertz CT molecular complexity index is 794. The van der Waals surface area contributed by atoms with Crippen LogP contribution in [0.15, 0.2) is 48.5 Å². The molecule has 0 fully saturated rings. The van der Waals surface area contributed by atoms with Crippen LogP contribution in [0, 0.1) is 0 Å². The van der Waals surface area contributed by atoms with Gasteiger partial charge in [0.05, 0.1) is 24.1 Å². The van der Waals surface area contributed by atoms with Crippen LogP contribution in [0.3, 0.4) is 0 Å². The second-order valence-electron chi connectivity index (χ2n) is 7.17. The SMILES string of the molecule is CCOC(=O)C[C@H](N[S+]([O-])C(C)(C)C)c1cccc(Oc2ccccc2Cl)c1. The molecule has 152 valence electrons. The van der Waals surface area contributed by atoms with E-state index in [9.17, 15) is 9.35 Å². The van der Waals surface area contributed by atoms with Crippen LogP contribution in [0.1, 0.15) is 45.7 Å². The summed E-state index contributed by atoms with van der Waals surface area (Å²) in [4.78, 5) is 12.1. The zero-order valence-corrected chi connectivity index (χ0v) is 18.1. The molecule has 0 amide bonds. The van der Waals surface area contributed by atoms with Crippen LogP contribution < -0.4 is 9.46 Å². The lowest BCUT2D eigenvalue weighted by Crippen LogP contribution is -2.42. The third-order valence-electron chi connectivity index (χ3n) is 3.81. The van der Waals surface area contributed by atoms with Gasteiger partial charge in [-0.15, -0.1) is 4.72 Å². The van der Waals surface area contributed by atoms with E-state index in [-0.39, 0.29) is 12.4 Å². The minimum atomic E-state index is -1.36. The maximum Gasteiger partial charge on any atom is 0.307 e. The normalized spacial score (nSPS) is 13.6. The number of carbonyl (C=O) groups excluding carboxylic acids is 1. The summed E-state index contributed by atoms with van der Waals surface area (Å²) in [6.45, 7) is 7.66. The molecule has 2 rings (SSSR count). The van der Waals surface area contributed by atoms with E-state index in [0.717, 1.165) is 5.56 Å². The molecular weight excluding hydrogens is 398 g/mol. The summed E-state index contributed by atoms with van der Waals surface area (Å²) in [6, 6.07) is 14.0. The number of esters is 1. The van der Waals surface area contributed by atoms with Gasteiger partial charge in [0.15, 0.2) is 0 Å². The molecule has 28 heavy (non-hydrogen) atoms. The van der Waals surface area contributed by atoms with Gasteiger partial charge < -0.3 is 14.0 Å². The van der Waals surface area contributed by atoms with Crippen molar-refractivity contribution in [1.29, 1.82) is 0 Å². The average molecular weight is 424 g/mol. The number of rotatable bonds is 8. The van der Waals surface area contributed by atoms with E-state index < -0.39 is 22.2 Å². The number of ether oxygens (including phenoxy) is 2. The zero-order valence-electron chi connectivity index (χ0n) is 16.5. The fraction of sp³-hybridized carbons (Fsp3) is 0.381. The summed E-state index contributed by atoms with van der Waals surface area (Å²) in [5.41, 5.74) is 0.773. The molecule has 0 aliphatic heterocycles. The van der Waals surface area contributed by atoms with Crippen molar-refractivity contribution in [3.63, 3.8) is 0 Å². The fourth-order valence-corrected chi connectivity index (χ4v) is 3.38. The summed E-state index contributed by atoms with van der Waals surface area (Å²) < 4.78 is 26.1. The first-order chi connectivity index (χ1) is 13.2. The van der Waals surface area contributed by atoms with E-state index in [1.807, 2.05) is 45.0 Å². The van der Waals surface area contributed by atoms with Crippen LogP contribution >= 0.6 is 11.6 Å². The molecule has 0 bridgehead atoms. The monoisotopic (exact) mass is 423 g/mol. The van der Waals surface area contributed by atoms with Gasteiger partial charge in [-0.25, -0.2) is 0 Å². The minimum Gasteiger partial charge on any atom is -0.598 e. The Labute approximate surface area is 174 Å². The maximum atomic E-state index is 12.6. The molecule has 0 aliphatic carbocycles. The molecule has 0 aliphatic rings. The van der Waals surface area contributed by atoms with Crippen LogP contribution in [-0.4, -0.2) is 21.9 Å². The number of nitrogens with one attached hydrogen (secondary N) is 1. The van der Waals surface area contributed by atoms with E-state index in [1.54, 1.807) is 31.2 Å². The Morgan fingerprint density at radius 1 is 1.21 bits per heavy atom. The molecule has 0 radical (unpaired) electrons. The minimum absolute atomic E-state index is 0.0607. The van der Waals surface area contributed by atoms with Crippen molar-refractivity contribution >= 4 is 28.9 Å². The van der Waals surface area contributed by atoms with Gasteiger partial charge in [0, 0.05) is 11.4 Å². The quantitative estimate of drug-likeness (QED) is 0.468. The predicted octanol–water partition coefficient (Wildman–Crippen LogP) is 5.18. The molecule has 5 nitrogen and oxygen atoms in total. The molecule has 2 atom stereocenters. The predicted molar refractivity (Wildman–Crippen MR) is 113 cm³/mol. The van der Waals surface area contributed by atoms with E-state index in [1.165, 1.54) is 0 Å². The Balaban J connectivity index is 2.26. The molecule has 1 unspecified atom stereocenters. The van der Waals surface area contributed by atoms with Crippen molar-refractivity contribution in [2.24, 2.45) is 0 Å². The maximum absolute atomic E-state index is 12.6. The van der Waals surface area contributed by atoms with E-state index in [4.69, 9.17) is 21.1 Å². The Kier molecular flexibility index (Phi) is 8.19. The molecule has 0 saturated heterocycles. The average Bonchev–Trinajstić information content (AvgIpc) is 2.63. The molecule has 0 heterocycles. The van der Waals surface area contributed by atoms with E-state index in [2.05, 4.69) is 4.72 Å². The van der Waals surface area contributed by atoms with Gasteiger partial charge in [-0.3, -0.25) is 4.79 Å². The number of halogens is 1. The highest BCUT2D eigenvalue weighted by atomic mass is 35.5. The second-order valence-corrected chi connectivity index (χ2v) is 9.57. The lowest BCUT2D eigenvalue weighted by molar-refractivity contribution is -0.143. The molecule has 7 heteroatoms. The highest BCUT2D eigenvalue weighted by Crippen LogP contribution is 2.31. The van der Waals surface area contributed by atoms with Crippen LogP contribution in [0.2, 0.25) is 5.02 Å². The summed E-state index contributed by atoms with van der Waals surface area (Å²) >= 11 is 4.80. The van der Waals surface area contributed by atoms with Gasteiger partial charge in [-0.05, 0) is 57.5 Å². The van der Waals surface area contributed by atoms with Crippen LogP contribution in [0.5, 0.6) is 11.5 Å². The van der Waals surface area contributed by atoms with Gasteiger partial charge in [-0.1, -0.05) is 35.9 Å². The topological polar surface area (TPSA) is 70.6 Å². The van der Waals surface area contributed by atoms with Gasteiger partial charge >= 0.3 is 5.97 Å². The number of carbonyl (C=O) groups is 1. The molecule has 2 aromatic carbocycles. The highest BCUT2D eigenvalue weighted by Gasteiger charge is 2.31. The summed E-state index contributed by atoms with van der Waals surface area (Å²) in [5, 5.41) is 0.503.